The van der Waals surface area contributed by atoms with E-state index in [2.05, 4.69) is 15.9 Å². The van der Waals surface area contributed by atoms with Crippen molar-refractivity contribution in [3.05, 3.63) is 29.3 Å². The molecule has 0 aliphatic carbocycles. The van der Waals surface area contributed by atoms with Crippen LogP contribution in [0.2, 0.25) is 0 Å². The molecule has 1 aromatic rings. The van der Waals surface area contributed by atoms with E-state index >= 15 is 0 Å². The standard InChI is InChI=1S/C10H11BrF2O/c1-14-7-5-9(12)8(3-2-4-11)10(13)6-7/h5-6H,2-4H2,1H3. The van der Waals surface area contributed by atoms with Crippen molar-refractivity contribution in [2.75, 3.05) is 12.4 Å². The average Bonchev–Trinajstić information content (AvgIpc) is 2.16. The van der Waals surface area contributed by atoms with E-state index in [4.69, 9.17) is 4.74 Å². The van der Waals surface area contributed by atoms with Crippen LogP contribution in [-0.4, -0.2) is 12.4 Å². The molecule has 1 nitrogen and oxygen atoms in total. The van der Waals surface area contributed by atoms with Crippen molar-refractivity contribution >= 4 is 15.9 Å². The summed E-state index contributed by atoms with van der Waals surface area (Å²) >= 11 is 3.21. The first-order valence-corrected chi connectivity index (χ1v) is 5.39. The molecule has 1 aromatic carbocycles. The number of methoxy groups -OCH3 is 1. The predicted octanol–water partition coefficient (Wildman–Crippen LogP) is 3.30. The van der Waals surface area contributed by atoms with Crippen LogP contribution in [0.1, 0.15) is 12.0 Å². The van der Waals surface area contributed by atoms with Gasteiger partial charge in [-0.1, -0.05) is 15.9 Å². The summed E-state index contributed by atoms with van der Waals surface area (Å²) in [4.78, 5) is 0. The van der Waals surface area contributed by atoms with Gasteiger partial charge >= 0.3 is 0 Å². The lowest BCUT2D eigenvalue weighted by Crippen LogP contribution is -1.98. The van der Waals surface area contributed by atoms with Crippen LogP contribution in [-0.2, 0) is 6.42 Å². The van der Waals surface area contributed by atoms with E-state index < -0.39 is 11.6 Å². The summed E-state index contributed by atoms with van der Waals surface area (Å²) in [5, 5.41) is 0.734. The fraction of sp³-hybridized carbons (Fsp3) is 0.400. The molecule has 78 valence electrons. The van der Waals surface area contributed by atoms with Crippen molar-refractivity contribution in [2.24, 2.45) is 0 Å². The second-order valence-corrected chi connectivity index (χ2v) is 3.66. The first-order chi connectivity index (χ1) is 6.69. The number of hydrogen-bond acceptors (Lipinski definition) is 1. The zero-order valence-corrected chi connectivity index (χ0v) is 9.40. The first-order valence-electron chi connectivity index (χ1n) is 4.27. The molecule has 1 rings (SSSR count). The Kier molecular flexibility index (Phi) is 4.32. The maximum absolute atomic E-state index is 13.3. The van der Waals surface area contributed by atoms with Crippen LogP contribution in [0.5, 0.6) is 5.75 Å². The zero-order chi connectivity index (χ0) is 10.6. The molecule has 0 saturated carbocycles. The highest BCUT2D eigenvalue weighted by Crippen LogP contribution is 2.21. The molecule has 0 N–H and O–H groups in total. The lowest BCUT2D eigenvalue weighted by atomic mass is 10.1. The molecule has 4 heteroatoms. The van der Waals surface area contributed by atoms with Crippen molar-refractivity contribution in [1.29, 1.82) is 0 Å². The highest BCUT2D eigenvalue weighted by Gasteiger charge is 2.10. The Bertz CT molecular complexity index is 292. The van der Waals surface area contributed by atoms with Gasteiger partial charge in [-0.2, -0.15) is 0 Å². The number of benzene rings is 1. The molecule has 0 saturated heterocycles. The SMILES string of the molecule is COc1cc(F)c(CCCBr)c(F)c1. The smallest absolute Gasteiger partial charge is 0.133 e. The molecule has 0 aromatic heterocycles. The maximum Gasteiger partial charge on any atom is 0.133 e. The lowest BCUT2D eigenvalue weighted by molar-refractivity contribution is 0.405. The van der Waals surface area contributed by atoms with Gasteiger partial charge in [0, 0.05) is 23.0 Å². The summed E-state index contributed by atoms with van der Waals surface area (Å²) < 4.78 is 31.3. The highest BCUT2D eigenvalue weighted by molar-refractivity contribution is 9.09. The van der Waals surface area contributed by atoms with E-state index in [1.54, 1.807) is 0 Å². The predicted molar refractivity (Wildman–Crippen MR) is 55.0 cm³/mol. The monoisotopic (exact) mass is 264 g/mol. The third-order valence-corrected chi connectivity index (χ3v) is 2.47. The molecule has 0 radical (unpaired) electrons. The molecule has 0 atom stereocenters. The van der Waals surface area contributed by atoms with Gasteiger partial charge in [0.15, 0.2) is 0 Å². The van der Waals surface area contributed by atoms with Crippen LogP contribution in [0, 0.1) is 11.6 Å². The van der Waals surface area contributed by atoms with Crippen LogP contribution in [0.25, 0.3) is 0 Å². The summed E-state index contributed by atoms with van der Waals surface area (Å²) in [5.74, 6) is -0.867. The zero-order valence-electron chi connectivity index (χ0n) is 7.82. The highest BCUT2D eigenvalue weighted by atomic mass is 79.9. The molecule has 0 amide bonds. The minimum atomic E-state index is -0.539. The molecule has 0 fully saturated rings. The fourth-order valence-corrected chi connectivity index (χ4v) is 1.46. The summed E-state index contributed by atoms with van der Waals surface area (Å²) in [6.07, 6.45) is 1.10. The Hall–Kier alpha value is -0.640. The number of ether oxygens (including phenoxy) is 1. The fourth-order valence-electron chi connectivity index (χ4n) is 1.18. The summed E-state index contributed by atoms with van der Waals surface area (Å²) in [6.45, 7) is 0. The average molecular weight is 265 g/mol. The van der Waals surface area contributed by atoms with Gasteiger partial charge in [-0.15, -0.1) is 0 Å². The van der Waals surface area contributed by atoms with E-state index in [0.29, 0.717) is 12.8 Å². The number of hydrogen-bond donors (Lipinski definition) is 0. The van der Waals surface area contributed by atoms with Gasteiger partial charge in [0.2, 0.25) is 0 Å². The Labute approximate surface area is 90.2 Å². The van der Waals surface area contributed by atoms with Crippen molar-refractivity contribution in [2.45, 2.75) is 12.8 Å². The van der Waals surface area contributed by atoms with Crippen LogP contribution in [0.4, 0.5) is 8.78 Å². The summed E-state index contributed by atoms with van der Waals surface area (Å²) in [6, 6.07) is 2.40. The molecular formula is C10H11BrF2O. The second kappa shape index (κ2) is 5.29. The van der Waals surface area contributed by atoms with Crippen LogP contribution < -0.4 is 4.74 Å². The Morgan fingerprint density at radius 2 is 1.86 bits per heavy atom. The Morgan fingerprint density at radius 1 is 1.29 bits per heavy atom. The molecule has 0 bridgehead atoms. The maximum atomic E-state index is 13.3. The minimum Gasteiger partial charge on any atom is -0.497 e. The second-order valence-electron chi connectivity index (χ2n) is 2.86. The molecule has 0 aliphatic rings. The van der Waals surface area contributed by atoms with Gasteiger partial charge in [0.25, 0.3) is 0 Å². The normalized spacial score (nSPS) is 10.3. The minimum absolute atomic E-state index is 0.130. The molecule has 0 unspecified atom stereocenters. The number of rotatable bonds is 4. The van der Waals surface area contributed by atoms with Gasteiger partial charge in [0.05, 0.1) is 7.11 Å². The largest absolute Gasteiger partial charge is 0.497 e. The van der Waals surface area contributed by atoms with Crippen molar-refractivity contribution in [3.63, 3.8) is 0 Å². The van der Waals surface area contributed by atoms with E-state index in [0.717, 1.165) is 5.33 Å². The van der Waals surface area contributed by atoms with E-state index in [1.807, 2.05) is 0 Å². The van der Waals surface area contributed by atoms with Crippen molar-refractivity contribution in [1.82, 2.24) is 0 Å². The first kappa shape index (κ1) is 11.4. The van der Waals surface area contributed by atoms with Gasteiger partial charge in [0.1, 0.15) is 17.4 Å². The Morgan fingerprint density at radius 3 is 2.29 bits per heavy atom. The van der Waals surface area contributed by atoms with Crippen molar-refractivity contribution in [3.8, 4) is 5.75 Å². The van der Waals surface area contributed by atoms with Gasteiger partial charge in [-0.25, -0.2) is 8.78 Å². The molecular weight excluding hydrogens is 254 g/mol. The molecule has 0 heterocycles. The van der Waals surface area contributed by atoms with E-state index in [1.165, 1.54) is 19.2 Å². The van der Waals surface area contributed by atoms with Gasteiger partial charge in [-0.3, -0.25) is 0 Å². The van der Waals surface area contributed by atoms with Crippen molar-refractivity contribution < 1.29 is 13.5 Å². The molecule has 14 heavy (non-hydrogen) atoms. The Balaban J connectivity index is 2.93. The van der Waals surface area contributed by atoms with Crippen LogP contribution in [0.3, 0.4) is 0 Å². The third-order valence-electron chi connectivity index (χ3n) is 1.91. The topological polar surface area (TPSA) is 9.23 Å². The summed E-state index contributed by atoms with van der Waals surface area (Å²) in [5.41, 5.74) is 0.130. The van der Waals surface area contributed by atoms with Gasteiger partial charge in [-0.05, 0) is 12.8 Å². The molecule has 0 aliphatic heterocycles. The number of alkyl halides is 1. The summed E-state index contributed by atoms with van der Waals surface area (Å²) in [7, 11) is 1.38. The molecule has 0 spiro atoms. The van der Waals surface area contributed by atoms with E-state index in [-0.39, 0.29) is 11.3 Å². The number of halogens is 3. The lowest BCUT2D eigenvalue weighted by Gasteiger charge is -2.06. The van der Waals surface area contributed by atoms with E-state index in [9.17, 15) is 8.78 Å². The quantitative estimate of drug-likeness (QED) is 0.759. The van der Waals surface area contributed by atoms with Crippen LogP contribution in [0.15, 0.2) is 12.1 Å². The van der Waals surface area contributed by atoms with Crippen LogP contribution >= 0.6 is 15.9 Å². The third kappa shape index (κ3) is 2.67. The van der Waals surface area contributed by atoms with Gasteiger partial charge < -0.3 is 4.74 Å².